The molecule has 0 bridgehead atoms. The Morgan fingerprint density at radius 2 is 1.80 bits per heavy atom. The average molecular weight is 413 g/mol. The minimum absolute atomic E-state index is 0.0547. The van der Waals surface area contributed by atoms with Crippen LogP contribution < -0.4 is 15.4 Å². The second-order valence-electron chi connectivity index (χ2n) is 7.38. The van der Waals surface area contributed by atoms with Crippen LogP contribution in [0.15, 0.2) is 48.5 Å². The monoisotopic (exact) mass is 413 g/mol. The first-order chi connectivity index (χ1) is 14.6. The van der Waals surface area contributed by atoms with Gasteiger partial charge in [-0.1, -0.05) is 24.6 Å². The lowest BCUT2D eigenvalue weighted by atomic mass is 10.0. The number of amides is 2. The van der Waals surface area contributed by atoms with Gasteiger partial charge in [-0.05, 0) is 61.8 Å². The minimum Gasteiger partial charge on any atom is -0.497 e. The van der Waals surface area contributed by atoms with E-state index in [0.717, 1.165) is 43.3 Å². The molecule has 2 aromatic rings. The van der Waals surface area contributed by atoms with Crippen molar-refractivity contribution in [3.05, 3.63) is 65.5 Å². The largest absolute Gasteiger partial charge is 0.497 e. The lowest BCUT2D eigenvalue weighted by Gasteiger charge is -2.35. The second kappa shape index (κ2) is 10.7. The molecule has 1 atom stereocenters. The zero-order valence-corrected chi connectivity index (χ0v) is 17.2. The van der Waals surface area contributed by atoms with Gasteiger partial charge >= 0.3 is 0 Å². The van der Waals surface area contributed by atoms with E-state index < -0.39 is 11.7 Å². The van der Waals surface area contributed by atoms with E-state index in [1.165, 1.54) is 24.6 Å². The van der Waals surface area contributed by atoms with Crippen molar-refractivity contribution in [1.82, 2.24) is 15.5 Å². The van der Waals surface area contributed by atoms with E-state index >= 15 is 0 Å². The molecule has 6 nitrogen and oxygen atoms in total. The van der Waals surface area contributed by atoms with Gasteiger partial charge in [0.2, 0.25) is 5.91 Å². The Labute approximate surface area is 176 Å². The van der Waals surface area contributed by atoms with Crippen LogP contribution in [0, 0.1) is 5.82 Å². The minimum atomic E-state index is -0.490. The van der Waals surface area contributed by atoms with Crippen LogP contribution in [0.4, 0.5) is 4.39 Å². The fourth-order valence-electron chi connectivity index (χ4n) is 3.68. The summed E-state index contributed by atoms with van der Waals surface area (Å²) in [6.07, 6.45) is 3.51. The molecule has 1 aliphatic rings. The van der Waals surface area contributed by atoms with Crippen molar-refractivity contribution in [1.29, 1.82) is 0 Å². The number of hydrogen-bond donors (Lipinski definition) is 2. The number of carbonyl (C=O) groups is 2. The molecule has 1 unspecified atom stereocenters. The zero-order chi connectivity index (χ0) is 21.3. The normalized spacial score (nSPS) is 15.3. The molecule has 1 fully saturated rings. The summed E-state index contributed by atoms with van der Waals surface area (Å²) in [6, 6.07) is 13.3. The number of nitrogens with one attached hydrogen (secondary N) is 2. The van der Waals surface area contributed by atoms with Crippen LogP contribution in [0.5, 0.6) is 5.75 Å². The summed E-state index contributed by atoms with van der Waals surface area (Å²) < 4.78 is 18.5. The zero-order valence-electron chi connectivity index (χ0n) is 17.2. The Balaban J connectivity index is 1.57. The van der Waals surface area contributed by atoms with Crippen LogP contribution in [0.3, 0.4) is 0 Å². The predicted molar refractivity (Wildman–Crippen MR) is 113 cm³/mol. The third-order valence-electron chi connectivity index (χ3n) is 5.32. The van der Waals surface area contributed by atoms with Gasteiger partial charge in [0.25, 0.3) is 5.91 Å². The lowest BCUT2D eigenvalue weighted by molar-refractivity contribution is -0.120. The fraction of sp³-hybridized carbons (Fsp3) is 0.391. The molecule has 7 heteroatoms. The number of carbonyl (C=O) groups excluding carboxylic acids is 2. The topological polar surface area (TPSA) is 70.7 Å². The van der Waals surface area contributed by atoms with E-state index in [1.54, 1.807) is 7.11 Å². The first-order valence-electron chi connectivity index (χ1n) is 10.3. The Hall–Kier alpha value is -2.93. The number of piperidine rings is 1. The molecule has 2 amide bonds. The van der Waals surface area contributed by atoms with Crippen molar-refractivity contribution in [3.8, 4) is 5.75 Å². The van der Waals surface area contributed by atoms with E-state index in [1.807, 2.05) is 24.3 Å². The Morgan fingerprint density at radius 1 is 1.07 bits per heavy atom. The average Bonchev–Trinajstić information content (AvgIpc) is 2.78. The third kappa shape index (κ3) is 6.03. The molecule has 0 aliphatic carbocycles. The summed E-state index contributed by atoms with van der Waals surface area (Å²) in [5, 5.41) is 5.46. The van der Waals surface area contributed by atoms with Gasteiger partial charge < -0.3 is 15.4 Å². The highest BCUT2D eigenvalue weighted by molar-refractivity contribution is 5.96. The van der Waals surface area contributed by atoms with Crippen molar-refractivity contribution in [2.45, 2.75) is 25.3 Å². The molecule has 0 aromatic heterocycles. The van der Waals surface area contributed by atoms with Gasteiger partial charge in [-0.2, -0.15) is 0 Å². The van der Waals surface area contributed by atoms with Crippen molar-refractivity contribution in [2.75, 3.05) is 33.3 Å². The van der Waals surface area contributed by atoms with Gasteiger partial charge in [-0.25, -0.2) is 4.39 Å². The quantitative estimate of drug-likeness (QED) is 0.698. The van der Waals surface area contributed by atoms with Crippen molar-refractivity contribution >= 4 is 11.8 Å². The van der Waals surface area contributed by atoms with Crippen molar-refractivity contribution in [2.24, 2.45) is 0 Å². The fourth-order valence-corrected chi connectivity index (χ4v) is 3.68. The number of ether oxygens (including phenoxy) is 1. The maximum Gasteiger partial charge on any atom is 0.251 e. The molecule has 3 rings (SSSR count). The molecule has 1 heterocycles. The van der Waals surface area contributed by atoms with Crippen LogP contribution in [0.2, 0.25) is 0 Å². The Morgan fingerprint density at radius 3 is 2.47 bits per heavy atom. The number of nitrogens with zero attached hydrogens (tertiary/aromatic N) is 1. The Bertz CT molecular complexity index is 851. The molecular formula is C23H28FN3O3. The SMILES string of the molecule is COc1ccc(C(CNC(=O)CNC(=O)c2cccc(F)c2)N2CCCCC2)cc1. The number of hydrogen-bond acceptors (Lipinski definition) is 4. The third-order valence-corrected chi connectivity index (χ3v) is 5.32. The summed E-state index contributed by atoms with van der Waals surface area (Å²) in [4.78, 5) is 26.8. The number of rotatable bonds is 8. The number of methoxy groups -OCH3 is 1. The van der Waals surface area contributed by atoms with E-state index in [0.29, 0.717) is 6.54 Å². The molecule has 1 aliphatic heterocycles. The molecule has 0 radical (unpaired) electrons. The van der Waals surface area contributed by atoms with Gasteiger partial charge in [-0.15, -0.1) is 0 Å². The number of likely N-dealkylation sites (tertiary alicyclic amines) is 1. The van der Waals surface area contributed by atoms with Crippen molar-refractivity contribution in [3.63, 3.8) is 0 Å². The lowest BCUT2D eigenvalue weighted by Crippen LogP contribution is -2.43. The van der Waals surface area contributed by atoms with Crippen LogP contribution in [0.25, 0.3) is 0 Å². The van der Waals surface area contributed by atoms with E-state index in [9.17, 15) is 14.0 Å². The summed E-state index contributed by atoms with van der Waals surface area (Å²) in [6.45, 7) is 2.26. The molecule has 2 aromatic carbocycles. The van der Waals surface area contributed by atoms with E-state index in [4.69, 9.17) is 4.74 Å². The molecule has 2 N–H and O–H groups in total. The molecule has 160 valence electrons. The summed E-state index contributed by atoms with van der Waals surface area (Å²) in [5.74, 6) is -0.459. The molecular weight excluding hydrogens is 385 g/mol. The highest BCUT2D eigenvalue weighted by atomic mass is 19.1. The smallest absolute Gasteiger partial charge is 0.251 e. The summed E-state index contributed by atoms with van der Waals surface area (Å²) in [7, 11) is 1.63. The van der Waals surface area contributed by atoms with Gasteiger partial charge in [0.05, 0.1) is 19.7 Å². The second-order valence-corrected chi connectivity index (χ2v) is 7.38. The predicted octanol–water partition coefficient (Wildman–Crippen LogP) is 2.91. The maximum absolute atomic E-state index is 13.2. The first kappa shape index (κ1) is 21.8. The number of benzene rings is 2. The van der Waals surface area contributed by atoms with Crippen molar-refractivity contribution < 1.29 is 18.7 Å². The number of halogens is 1. The van der Waals surface area contributed by atoms with Gasteiger partial charge in [-0.3, -0.25) is 14.5 Å². The molecule has 30 heavy (non-hydrogen) atoms. The van der Waals surface area contributed by atoms with E-state index in [2.05, 4.69) is 15.5 Å². The molecule has 0 saturated carbocycles. The van der Waals surface area contributed by atoms with Gasteiger partial charge in [0.15, 0.2) is 0 Å². The van der Waals surface area contributed by atoms with Crippen LogP contribution >= 0.6 is 0 Å². The molecule has 0 spiro atoms. The summed E-state index contributed by atoms with van der Waals surface area (Å²) >= 11 is 0. The first-order valence-corrected chi connectivity index (χ1v) is 10.3. The highest BCUT2D eigenvalue weighted by Crippen LogP contribution is 2.25. The standard InChI is InChI=1S/C23H28FN3O3/c1-30-20-10-8-17(9-11-20)21(27-12-3-2-4-13-27)15-25-22(28)16-26-23(29)18-6-5-7-19(24)14-18/h5-11,14,21H,2-4,12-13,15-16H2,1H3,(H,25,28)(H,26,29). The molecule has 1 saturated heterocycles. The van der Waals surface area contributed by atoms with Crippen LogP contribution in [-0.4, -0.2) is 50.0 Å². The maximum atomic E-state index is 13.2. The van der Waals surface area contributed by atoms with E-state index in [-0.39, 0.29) is 24.1 Å². The Kier molecular flexibility index (Phi) is 7.79. The van der Waals surface area contributed by atoms with Crippen LogP contribution in [-0.2, 0) is 4.79 Å². The van der Waals surface area contributed by atoms with Gasteiger partial charge in [0, 0.05) is 12.1 Å². The van der Waals surface area contributed by atoms with Gasteiger partial charge in [0.1, 0.15) is 11.6 Å². The van der Waals surface area contributed by atoms with Crippen LogP contribution in [0.1, 0.15) is 41.2 Å². The highest BCUT2D eigenvalue weighted by Gasteiger charge is 2.23. The summed E-state index contributed by atoms with van der Waals surface area (Å²) in [5.41, 5.74) is 1.30.